The van der Waals surface area contributed by atoms with Crippen molar-refractivity contribution in [3.63, 3.8) is 0 Å². The Labute approximate surface area is 149 Å². The molecule has 0 heterocycles. The van der Waals surface area contributed by atoms with Crippen molar-refractivity contribution in [3.8, 4) is 11.5 Å². The van der Waals surface area contributed by atoms with Crippen molar-refractivity contribution in [1.82, 2.24) is 0 Å². The number of ether oxygens (including phenoxy) is 2. The average Bonchev–Trinajstić information content (AvgIpc) is 2.52. The topological polar surface area (TPSA) is 55.8 Å². The molecule has 0 fully saturated rings. The smallest absolute Gasteiger partial charge is 0.311 e. The van der Waals surface area contributed by atoms with E-state index in [2.05, 4.69) is 0 Å². The summed E-state index contributed by atoms with van der Waals surface area (Å²) in [4.78, 5) is 11.8. The molecule has 25 heavy (non-hydrogen) atoms. The number of hydrogen-bond donors (Lipinski definition) is 1. The minimum Gasteiger partial charge on any atom is -0.496 e. The number of carboxylic acids is 1. The number of carbonyl (C=O) groups is 1. The first-order valence-corrected chi connectivity index (χ1v) is 8.35. The summed E-state index contributed by atoms with van der Waals surface area (Å²) >= 11 is 0. The predicted molar refractivity (Wildman–Crippen MR) is 98.6 cm³/mol. The second-order valence-electron chi connectivity index (χ2n) is 7.18. The van der Waals surface area contributed by atoms with Gasteiger partial charge < -0.3 is 14.6 Å². The maximum absolute atomic E-state index is 11.8. The van der Waals surface area contributed by atoms with E-state index in [1.54, 1.807) is 7.11 Å². The molecule has 0 saturated heterocycles. The van der Waals surface area contributed by atoms with E-state index in [1.807, 2.05) is 70.2 Å². The van der Waals surface area contributed by atoms with Crippen LogP contribution in [0.2, 0.25) is 0 Å². The lowest BCUT2D eigenvalue weighted by Gasteiger charge is -2.21. The van der Waals surface area contributed by atoms with Crippen molar-refractivity contribution in [2.75, 3.05) is 7.11 Å². The fourth-order valence-electron chi connectivity index (χ4n) is 2.75. The van der Waals surface area contributed by atoms with Crippen LogP contribution in [0.5, 0.6) is 11.5 Å². The lowest BCUT2D eigenvalue weighted by Crippen LogP contribution is -2.22. The summed E-state index contributed by atoms with van der Waals surface area (Å²) in [6.45, 7) is 7.90. The van der Waals surface area contributed by atoms with E-state index in [1.165, 1.54) is 0 Å². The maximum Gasteiger partial charge on any atom is 0.311 e. The van der Waals surface area contributed by atoms with E-state index in [0.29, 0.717) is 6.42 Å². The Morgan fingerprint density at radius 1 is 1.12 bits per heavy atom. The van der Waals surface area contributed by atoms with Gasteiger partial charge in [0.15, 0.2) is 0 Å². The average molecular weight is 342 g/mol. The maximum atomic E-state index is 11.8. The lowest BCUT2D eigenvalue weighted by molar-refractivity contribution is -0.138. The summed E-state index contributed by atoms with van der Waals surface area (Å²) in [5, 5.41) is 9.66. The fourth-order valence-corrected chi connectivity index (χ4v) is 2.75. The molecule has 1 N–H and O–H groups in total. The fraction of sp³-hybridized carbons (Fsp3) is 0.381. The highest BCUT2D eigenvalue weighted by Crippen LogP contribution is 2.27. The van der Waals surface area contributed by atoms with Crippen LogP contribution in [0, 0.1) is 6.92 Å². The molecule has 0 aromatic heterocycles. The van der Waals surface area contributed by atoms with E-state index >= 15 is 0 Å². The summed E-state index contributed by atoms with van der Waals surface area (Å²) in [5.74, 6) is 0.110. The molecule has 4 nitrogen and oxygen atoms in total. The van der Waals surface area contributed by atoms with Gasteiger partial charge in [0.2, 0.25) is 0 Å². The van der Waals surface area contributed by atoms with Gasteiger partial charge in [-0.3, -0.25) is 4.79 Å². The third kappa shape index (κ3) is 5.24. The molecule has 0 radical (unpaired) electrons. The Kier molecular flexibility index (Phi) is 5.73. The molecule has 0 bridgehead atoms. The van der Waals surface area contributed by atoms with Gasteiger partial charge in [-0.2, -0.15) is 0 Å². The Morgan fingerprint density at radius 2 is 1.76 bits per heavy atom. The molecule has 134 valence electrons. The molecule has 2 aromatic rings. The molecular formula is C21H26O4. The predicted octanol–water partition coefficient (Wildman–Crippen LogP) is 4.59. The first kappa shape index (κ1) is 18.8. The van der Waals surface area contributed by atoms with Crippen LogP contribution in [0.3, 0.4) is 0 Å². The number of aryl methyl sites for hydroxylation is 1. The second kappa shape index (κ2) is 7.60. The Balaban J connectivity index is 2.19. The Hall–Kier alpha value is -2.49. The molecule has 0 spiro atoms. The van der Waals surface area contributed by atoms with Gasteiger partial charge in [-0.25, -0.2) is 0 Å². The number of hydrogen-bond acceptors (Lipinski definition) is 3. The molecule has 0 aliphatic rings. The van der Waals surface area contributed by atoms with Crippen LogP contribution in [-0.4, -0.2) is 23.8 Å². The summed E-state index contributed by atoms with van der Waals surface area (Å²) in [7, 11) is 1.61. The molecule has 0 saturated carbocycles. The third-order valence-electron chi connectivity index (χ3n) is 3.91. The van der Waals surface area contributed by atoms with Crippen molar-refractivity contribution in [2.24, 2.45) is 0 Å². The van der Waals surface area contributed by atoms with Crippen LogP contribution in [0.4, 0.5) is 0 Å². The zero-order chi connectivity index (χ0) is 18.6. The highest BCUT2D eigenvalue weighted by atomic mass is 16.5. The molecule has 0 aliphatic carbocycles. The van der Waals surface area contributed by atoms with Gasteiger partial charge in [-0.15, -0.1) is 0 Å². The summed E-state index contributed by atoms with van der Waals surface area (Å²) < 4.78 is 11.1. The third-order valence-corrected chi connectivity index (χ3v) is 3.91. The van der Waals surface area contributed by atoms with Gasteiger partial charge in [0.1, 0.15) is 17.1 Å². The normalized spacial score (nSPS) is 12.5. The second-order valence-corrected chi connectivity index (χ2v) is 7.18. The molecule has 2 rings (SSSR count). The van der Waals surface area contributed by atoms with Gasteiger partial charge in [0.25, 0.3) is 0 Å². The van der Waals surface area contributed by atoms with E-state index < -0.39 is 11.9 Å². The Bertz CT molecular complexity index is 727. The SMILES string of the molecule is COc1ccc(C(Cc2ccc(OC(C)(C)C)cc2)C(=O)O)cc1C. The van der Waals surface area contributed by atoms with Crippen molar-refractivity contribution >= 4 is 5.97 Å². The molecule has 0 amide bonds. The summed E-state index contributed by atoms with van der Waals surface area (Å²) in [6, 6.07) is 13.1. The molecule has 2 aromatic carbocycles. The largest absolute Gasteiger partial charge is 0.496 e. The minimum atomic E-state index is -0.834. The summed E-state index contributed by atoms with van der Waals surface area (Å²) in [5.41, 5.74) is 2.41. The van der Waals surface area contributed by atoms with Gasteiger partial charge in [-0.05, 0) is 69.0 Å². The summed E-state index contributed by atoms with van der Waals surface area (Å²) in [6.07, 6.45) is 0.427. The number of carboxylic acid groups (broad SMARTS) is 1. The Morgan fingerprint density at radius 3 is 2.24 bits per heavy atom. The first-order valence-electron chi connectivity index (χ1n) is 8.35. The standard InChI is InChI=1S/C21H26O4/c1-14-12-16(8-11-19(14)24-5)18(20(22)23)13-15-6-9-17(10-7-15)25-21(2,3)4/h6-12,18H,13H2,1-5H3,(H,22,23). The monoisotopic (exact) mass is 342 g/mol. The van der Waals surface area contributed by atoms with Crippen LogP contribution < -0.4 is 9.47 Å². The van der Waals surface area contributed by atoms with Crippen LogP contribution >= 0.6 is 0 Å². The molecule has 4 heteroatoms. The lowest BCUT2D eigenvalue weighted by atomic mass is 9.91. The van der Waals surface area contributed by atoms with Crippen LogP contribution in [0.1, 0.15) is 43.4 Å². The number of benzene rings is 2. The number of methoxy groups -OCH3 is 1. The number of rotatable bonds is 6. The van der Waals surface area contributed by atoms with Crippen molar-refractivity contribution < 1.29 is 19.4 Å². The van der Waals surface area contributed by atoms with Gasteiger partial charge in [-0.1, -0.05) is 24.3 Å². The first-order chi connectivity index (χ1) is 11.7. The minimum absolute atomic E-state index is 0.258. The molecule has 1 atom stereocenters. The zero-order valence-electron chi connectivity index (χ0n) is 15.5. The quantitative estimate of drug-likeness (QED) is 0.834. The van der Waals surface area contributed by atoms with Crippen molar-refractivity contribution in [2.45, 2.75) is 45.6 Å². The van der Waals surface area contributed by atoms with E-state index in [9.17, 15) is 9.90 Å². The van der Waals surface area contributed by atoms with E-state index in [0.717, 1.165) is 28.2 Å². The van der Waals surface area contributed by atoms with Crippen molar-refractivity contribution in [1.29, 1.82) is 0 Å². The zero-order valence-corrected chi connectivity index (χ0v) is 15.5. The van der Waals surface area contributed by atoms with Gasteiger partial charge in [0, 0.05) is 0 Å². The van der Waals surface area contributed by atoms with Crippen LogP contribution in [0.25, 0.3) is 0 Å². The van der Waals surface area contributed by atoms with Crippen LogP contribution in [0.15, 0.2) is 42.5 Å². The molecule has 1 unspecified atom stereocenters. The van der Waals surface area contributed by atoms with Gasteiger partial charge >= 0.3 is 5.97 Å². The number of aliphatic carboxylic acids is 1. The molecular weight excluding hydrogens is 316 g/mol. The highest BCUT2D eigenvalue weighted by molar-refractivity contribution is 5.76. The van der Waals surface area contributed by atoms with E-state index in [4.69, 9.17) is 9.47 Å². The van der Waals surface area contributed by atoms with Gasteiger partial charge in [0.05, 0.1) is 13.0 Å². The highest BCUT2D eigenvalue weighted by Gasteiger charge is 2.21. The van der Waals surface area contributed by atoms with Crippen LogP contribution in [-0.2, 0) is 11.2 Å². The molecule has 0 aliphatic heterocycles. The van der Waals surface area contributed by atoms with E-state index in [-0.39, 0.29) is 5.60 Å². The van der Waals surface area contributed by atoms with Crippen molar-refractivity contribution in [3.05, 3.63) is 59.2 Å².